The number of hydrogen-bond donors (Lipinski definition) is 6. The SMILES string of the molecule is NC(=O)Nc1cc(N)ccc1N=Nc1cc2c(S(=O)(=O)O)cc(S(=O)(=O)O)cc2cc1S(=O)(=O)O.[Na].[Na].[Na]. The van der Waals surface area contributed by atoms with Crippen LogP contribution in [0.5, 0.6) is 0 Å². The third-order valence-corrected chi connectivity index (χ3v) is 6.97. The number of urea groups is 1. The van der Waals surface area contributed by atoms with E-state index < -0.39 is 67.5 Å². The van der Waals surface area contributed by atoms with E-state index in [1.807, 2.05) is 0 Å². The molecule has 2 amide bonds. The Morgan fingerprint density at radius 1 is 0.737 bits per heavy atom. The molecule has 189 valence electrons. The van der Waals surface area contributed by atoms with Gasteiger partial charge in [-0.2, -0.15) is 25.3 Å². The average molecular weight is 615 g/mol. The number of carbonyl (C=O) groups excluding carboxylic acids is 1. The van der Waals surface area contributed by atoms with E-state index in [1.165, 1.54) is 18.2 Å². The molecule has 21 heteroatoms. The molecule has 0 aliphatic carbocycles. The Kier molecular flexibility index (Phi) is 13.5. The number of amides is 2. The molecule has 0 atom stereocenters. The molecule has 15 nitrogen and oxygen atoms in total. The van der Waals surface area contributed by atoms with Crippen LogP contribution in [-0.2, 0) is 30.4 Å². The van der Waals surface area contributed by atoms with Crippen molar-refractivity contribution in [1.29, 1.82) is 0 Å². The normalized spacial score (nSPS) is 11.8. The topological polar surface area (TPSA) is 269 Å². The Balaban J connectivity index is 0.00000456. The Labute approximate surface area is 282 Å². The fraction of sp³-hybridized carbons (Fsp3) is 0. The molecule has 8 N–H and O–H groups in total. The van der Waals surface area contributed by atoms with Crippen LogP contribution in [0.3, 0.4) is 0 Å². The summed E-state index contributed by atoms with van der Waals surface area (Å²) in [6.45, 7) is 0. The van der Waals surface area contributed by atoms with Crippen LogP contribution in [0.15, 0.2) is 67.4 Å². The molecule has 0 unspecified atom stereocenters. The van der Waals surface area contributed by atoms with Crippen LogP contribution in [0.1, 0.15) is 0 Å². The van der Waals surface area contributed by atoms with Gasteiger partial charge in [0, 0.05) is 99.7 Å². The summed E-state index contributed by atoms with van der Waals surface area (Å²) in [5.74, 6) is 0. The van der Waals surface area contributed by atoms with Crippen molar-refractivity contribution >= 4 is 159 Å². The van der Waals surface area contributed by atoms with Crippen LogP contribution in [0.4, 0.5) is 27.5 Å². The van der Waals surface area contributed by atoms with Crippen LogP contribution in [0, 0.1) is 0 Å². The first-order chi connectivity index (χ1) is 16.0. The van der Waals surface area contributed by atoms with Gasteiger partial charge >= 0.3 is 6.03 Å². The summed E-state index contributed by atoms with van der Waals surface area (Å²) in [7, 11) is -15.1. The zero-order valence-corrected chi connectivity index (χ0v) is 28.5. The van der Waals surface area contributed by atoms with E-state index in [9.17, 15) is 43.7 Å². The molecule has 0 spiro atoms. The Morgan fingerprint density at radius 2 is 1.29 bits per heavy atom. The minimum atomic E-state index is -5.10. The van der Waals surface area contributed by atoms with E-state index in [1.54, 1.807) is 0 Å². The van der Waals surface area contributed by atoms with Crippen LogP contribution < -0.4 is 16.8 Å². The number of nitrogen functional groups attached to an aromatic ring is 1. The first kappa shape index (κ1) is 37.3. The summed E-state index contributed by atoms with van der Waals surface area (Å²) in [4.78, 5) is 8.30. The maximum Gasteiger partial charge on any atom is 0.316 e. The number of azo groups is 1. The summed E-state index contributed by atoms with van der Waals surface area (Å²) in [5.41, 5.74) is 10.2. The average Bonchev–Trinajstić information content (AvgIpc) is 2.69. The molecular formula is C17H15N5Na3O10S3. The number of benzene rings is 3. The molecule has 38 heavy (non-hydrogen) atoms. The molecule has 0 saturated carbocycles. The Hall–Kier alpha value is -0.680. The third-order valence-electron chi connectivity index (χ3n) is 4.37. The van der Waals surface area contributed by atoms with Crippen molar-refractivity contribution in [2.75, 3.05) is 11.1 Å². The monoisotopic (exact) mass is 614 g/mol. The number of nitrogens with one attached hydrogen (secondary N) is 1. The van der Waals surface area contributed by atoms with Gasteiger partial charge in [0.05, 0.1) is 10.6 Å². The number of fused-ring (bicyclic) bond motifs is 1. The molecule has 0 saturated heterocycles. The molecule has 3 rings (SSSR count). The molecular weight excluding hydrogens is 599 g/mol. The summed E-state index contributed by atoms with van der Waals surface area (Å²) < 4.78 is 99.2. The molecule has 0 aliphatic rings. The molecule has 0 bridgehead atoms. The van der Waals surface area contributed by atoms with E-state index in [0.29, 0.717) is 18.2 Å². The summed E-state index contributed by atoms with van der Waals surface area (Å²) in [5, 5.41) is 8.85. The van der Waals surface area contributed by atoms with Gasteiger partial charge in [0.15, 0.2) is 0 Å². The van der Waals surface area contributed by atoms with Gasteiger partial charge in [0.25, 0.3) is 30.4 Å². The second-order valence-electron chi connectivity index (χ2n) is 6.85. The van der Waals surface area contributed by atoms with Crippen LogP contribution in [0.2, 0.25) is 0 Å². The minimum Gasteiger partial charge on any atom is -0.399 e. The van der Waals surface area contributed by atoms with Crippen molar-refractivity contribution in [3.8, 4) is 0 Å². The first-order valence-electron chi connectivity index (χ1n) is 8.89. The van der Waals surface area contributed by atoms with E-state index in [2.05, 4.69) is 15.5 Å². The van der Waals surface area contributed by atoms with Crippen molar-refractivity contribution in [2.24, 2.45) is 16.0 Å². The quantitative estimate of drug-likeness (QED) is 0.0983. The molecule has 0 aliphatic heterocycles. The fourth-order valence-electron chi connectivity index (χ4n) is 2.95. The van der Waals surface area contributed by atoms with Crippen LogP contribution in [0.25, 0.3) is 10.8 Å². The largest absolute Gasteiger partial charge is 0.399 e. The van der Waals surface area contributed by atoms with Gasteiger partial charge in [0.2, 0.25) is 0 Å². The van der Waals surface area contributed by atoms with Crippen molar-refractivity contribution in [3.05, 3.63) is 42.5 Å². The summed E-state index contributed by atoms with van der Waals surface area (Å²) in [6.07, 6.45) is 0. The predicted molar refractivity (Wildman–Crippen MR) is 139 cm³/mol. The second-order valence-corrected chi connectivity index (χ2v) is 11.1. The third kappa shape index (κ3) is 9.18. The zero-order chi connectivity index (χ0) is 26.3. The van der Waals surface area contributed by atoms with Gasteiger partial charge in [-0.15, -0.1) is 10.2 Å². The molecule has 3 radical (unpaired) electrons. The Bertz CT molecular complexity index is 1750. The summed E-state index contributed by atoms with van der Waals surface area (Å²) >= 11 is 0. The molecule has 0 aromatic heterocycles. The van der Waals surface area contributed by atoms with Gasteiger partial charge in [0.1, 0.15) is 21.2 Å². The van der Waals surface area contributed by atoms with Crippen LogP contribution >= 0.6 is 0 Å². The van der Waals surface area contributed by atoms with Gasteiger partial charge in [-0.05, 0) is 47.9 Å². The van der Waals surface area contributed by atoms with Gasteiger partial charge in [-0.25, -0.2) is 4.79 Å². The van der Waals surface area contributed by atoms with Crippen molar-refractivity contribution in [2.45, 2.75) is 14.7 Å². The number of carbonyl (C=O) groups is 1. The number of primary amides is 1. The van der Waals surface area contributed by atoms with E-state index in [4.69, 9.17) is 11.5 Å². The maximum atomic E-state index is 12.0. The fourth-order valence-corrected chi connectivity index (χ4v) is 4.94. The number of nitrogens with zero attached hydrogens (tertiary/aromatic N) is 2. The predicted octanol–water partition coefficient (Wildman–Crippen LogP) is 0.926. The zero-order valence-electron chi connectivity index (χ0n) is 20.0. The number of hydrogen-bond acceptors (Lipinski definition) is 10. The van der Waals surface area contributed by atoms with E-state index >= 15 is 0 Å². The summed E-state index contributed by atoms with van der Waals surface area (Å²) in [6, 6.07) is 5.52. The molecule has 0 fully saturated rings. The standard InChI is InChI=1S/C17H15N5O10S3.3Na/c18-9-1-2-12(13(5-9)20-17(19)23)21-22-14-7-11-8(4-16(14)35(30,31)32)3-10(33(24,25)26)6-15(11)34(27,28)29;;;/h1-7H,18H2,(H3,19,20,23)(H,24,25,26)(H,27,28,29)(H,30,31,32);;;. The van der Waals surface area contributed by atoms with Crippen LogP contribution in [-0.4, -0.2) is 134 Å². The smallest absolute Gasteiger partial charge is 0.316 e. The first-order valence-corrected chi connectivity index (χ1v) is 13.2. The van der Waals surface area contributed by atoms with E-state index in [0.717, 1.165) is 6.07 Å². The molecule has 3 aromatic carbocycles. The van der Waals surface area contributed by atoms with Gasteiger partial charge in [-0.1, -0.05) is 0 Å². The van der Waals surface area contributed by atoms with Crippen molar-refractivity contribution in [3.63, 3.8) is 0 Å². The van der Waals surface area contributed by atoms with Gasteiger partial charge in [-0.3, -0.25) is 13.7 Å². The minimum absolute atomic E-state index is 0. The number of anilines is 2. The number of rotatable bonds is 6. The van der Waals surface area contributed by atoms with Crippen molar-refractivity contribution < 1.29 is 43.7 Å². The van der Waals surface area contributed by atoms with Crippen molar-refractivity contribution in [1.82, 2.24) is 0 Å². The molecule has 3 aromatic rings. The molecule has 0 heterocycles. The number of nitrogens with two attached hydrogens (primary N) is 2. The second kappa shape index (κ2) is 13.8. The van der Waals surface area contributed by atoms with E-state index in [-0.39, 0.29) is 106 Å². The van der Waals surface area contributed by atoms with Gasteiger partial charge < -0.3 is 16.8 Å². The maximum absolute atomic E-state index is 12.0. The Morgan fingerprint density at radius 3 is 1.79 bits per heavy atom.